The molecule has 0 unspecified atom stereocenters. The van der Waals surface area contributed by atoms with E-state index in [4.69, 9.17) is 142 Å². The number of hydrogen-bond acceptors (Lipinski definition) is 6. The minimum Gasteiger partial charge on any atom is -0.523 e. The molecule has 0 aliphatic heterocycles. The van der Waals surface area contributed by atoms with Crippen molar-refractivity contribution in [2.24, 2.45) is 23.7 Å². The van der Waals surface area contributed by atoms with Gasteiger partial charge in [0, 0.05) is 165 Å². The normalized spacial score (nSPS) is 28.4. The molecule has 0 saturated heterocycles. The van der Waals surface area contributed by atoms with Crippen LogP contribution in [0.25, 0.3) is 55.0 Å². The lowest BCUT2D eigenvalue weighted by atomic mass is 9.57. The van der Waals surface area contributed by atoms with Crippen LogP contribution >= 0.6 is 0 Å². The van der Waals surface area contributed by atoms with Crippen LogP contribution in [-0.2, 0) is 28.5 Å². The van der Waals surface area contributed by atoms with Gasteiger partial charge in [0.05, 0.1) is 52.8 Å². The Labute approximate surface area is 512 Å². The largest absolute Gasteiger partial charge is 0.523 e. The summed E-state index contributed by atoms with van der Waals surface area (Å²) in [6.07, 6.45) is 4.65. The molecule has 4 aromatic carbocycles. The van der Waals surface area contributed by atoms with Crippen LogP contribution in [0.15, 0.2) is 120 Å². The zero-order chi connectivity index (χ0) is 127. The minimum atomic E-state index is -0.732. The maximum Gasteiger partial charge on any atom is 0.226 e. The predicted molar refractivity (Wildman–Crippen MR) is 336 cm³/mol. The lowest BCUT2D eigenvalue weighted by molar-refractivity contribution is -0.121. The number of aliphatic hydroxyl groups is 1. The van der Waals surface area contributed by atoms with Crippen LogP contribution in [0, 0.1) is 60.1 Å². The van der Waals surface area contributed by atoms with Crippen LogP contribution in [-0.4, -0.2) is 30.8 Å². The van der Waals surface area contributed by atoms with Gasteiger partial charge in [0.15, 0.2) is 17.4 Å². The second-order valence-electron chi connectivity index (χ2n) is 18.1. The van der Waals surface area contributed by atoms with Crippen molar-refractivity contribution in [1.29, 1.82) is 0 Å². The molecule has 0 bridgehead atoms. The number of fused-ring (bicyclic) bond motifs is 6. The van der Waals surface area contributed by atoms with Crippen molar-refractivity contribution in [2.75, 3.05) is 0 Å². The number of halogens is 4. The van der Waals surface area contributed by atoms with Crippen LogP contribution in [0.1, 0.15) is 197 Å². The van der Waals surface area contributed by atoms with E-state index in [2.05, 4.69) is 19.7 Å². The van der Waals surface area contributed by atoms with E-state index in [1.807, 2.05) is 27.7 Å². The SMILES string of the molecule is C.[3HH].[3H][3H].[3H][3H].[3H][3H].[3H][3H].[3H][3H].[3H][3H].[3H][3H].[3H][3H].[3H][3H].[3H][3H].[3H][3H].[3H][3H].[3H][3H].[3H][3H].[3H][3H].[3H][3H].[3H][3H].[3H][3H].[3H][3H].[3H][3H].[3H][3H].[3H][3H].[3H][3H].[3H][3H].[3H][3H].[3H][3H].[3H][3H].[3H][3H].[3H][3H].[3H][3H].[3H][3H].[3H][3H].[3H][3H].[3H][3H].[3H][3H].[3H][3H].[3H][3H].[3H][3H].[3H][3H].[3H][3H].[C-]#[N+]C1=C(O)[C@H](C)[C@H]2CCc3c(-c4ccccc4F)nc(-c4ccccc4F)nc3[C@]2(C)C1.[C-]#[N+]C1=C[C@@]2(C)c3nc(-c4ccccc4F)nc(-c4ccccc4F)c3CC[C@@H]2[C@@H](C)C1=O. The molecule has 0 spiro atoms. The molecule has 6 atom stereocenters. The highest BCUT2D eigenvalue weighted by molar-refractivity contribution is 6.00. The number of Topliss-reactive ketones (excluding diaryl/α,β-unsaturated/α-hetero) is 1. The number of aliphatic hydroxyl groups excluding tert-OH is 1. The Morgan fingerprint density at radius 1 is 0.642 bits per heavy atom. The van der Waals surface area contributed by atoms with Crippen molar-refractivity contribution in [1.82, 2.24) is 19.9 Å². The molecule has 1 N–H and O–H groups in total. The molecule has 12 heteroatoms. The number of nitrogens with zero attached hydrogens (tertiary/aromatic N) is 6. The Bertz CT molecular complexity index is 3280. The first kappa shape index (κ1) is 18.1. The molecule has 0 amide bonds. The number of carbonyl (C=O) groups is 1. The molecule has 0 radical (unpaired) electrons. The van der Waals surface area contributed by atoms with Gasteiger partial charge in [0.1, 0.15) is 23.3 Å². The number of aromatic nitrogens is 4. The van der Waals surface area contributed by atoms with Crippen LogP contribution in [0.5, 0.6) is 0 Å². The average molecular weight is 1150 g/mol. The molecule has 0 fully saturated rings. The van der Waals surface area contributed by atoms with Crippen molar-refractivity contribution >= 4 is 5.78 Å². The topological polar surface area (TPSA) is 97.6 Å². The maximum absolute atomic E-state index is 14.9. The van der Waals surface area contributed by atoms with E-state index >= 15 is 0 Å². The number of allylic oxidation sites excluding steroid dienone is 4. The van der Waals surface area contributed by atoms with E-state index < -0.39 is 34.1 Å². The summed E-state index contributed by atoms with van der Waals surface area (Å²) in [5.74, 6) is -1.97. The number of rotatable bonds is 4. The molecule has 8 nitrogen and oxygen atoms in total. The summed E-state index contributed by atoms with van der Waals surface area (Å²) in [5.41, 5.74) is 4.11. The van der Waals surface area contributed by atoms with Crippen LogP contribution in [0.2, 0.25) is 0 Å². The molecule has 4 aliphatic carbocycles. The van der Waals surface area contributed by atoms with Gasteiger partial charge in [-0.2, -0.15) is 0 Å². The minimum absolute atomic E-state index is 0. The van der Waals surface area contributed by atoms with E-state index in [9.17, 15) is 27.5 Å². The number of carbonyl (C=O) groups excluding carboxylic acids is 1. The Hall–Kier alpha value is -7.31. The first-order valence-corrected chi connectivity index (χ1v) is 22.0. The summed E-state index contributed by atoms with van der Waals surface area (Å²) in [6, 6.07) is 25.3. The zero-order valence-electron chi connectivity index (χ0n) is 117. The van der Waals surface area contributed by atoms with Crippen molar-refractivity contribution in [2.45, 2.75) is 78.1 Å². The Balaban J connectivity index is -0.0000000327. The first-order chi connectivity index (χ1) is 71.7. The Kier molecular flexibility index (Phi) is 4.80. The van der Waals surface area contributed by atoms with Crippen LogP contribution in [0.3, 0.4) is 0 Å². The number of ketones is 1. The van der Waals surface area contributed by atoms with Crippen molar-refractivity contribution in [3.63, 3.8) is 0 Å². The molecular formula is C55H130F4N6O2. The molecule has 2 aromatic heterocycles. The van der Waals surface area contributed by atoms with Gasteiger partial charge in [-0.25, -0.2) is 47.2 Å². The summed E-state index contributed by atoms with van der Waals surface area (Å²) in [5, 5.41) is 10.6. The number of benzene rings is 4. The van der Waals surface area contributed by atoms with Crippen molar-refractivity contribution in [3.8, 4) is 45.3 Å². The maximum atomic E-state index is 14.9. The first-order valence-electron chi connectivity index (χ1n) is 62.0. The summed E-state index contributed by atoms with van der Waals surface area (Å²) in [6.45, 7) is 22.9. The molecule has 2 heterocycles. The lowest BCUT2D eigenvalue weighted by Gasteiger charge is -2.48. The Morgan fingerprint density at radius 3 is 1.54 bits per heavy atom. The highest BCUT2D eigenvalue weighted by Crippen LogP contribution is 2.55. The fourth-order valence-corrected chi connectivity index (χ4v) is 11.0. The van der Waals surface area contributed by atoms with Gasteiger partial charge in [-0.3, -0.25) is 0 Å². The molecule has 420 valence electrons. The summed E-state index contributed by atoms with van der Waals surface area (Å²) >= 11 is 0. The zero-order valence-corrected chi connectivity index (χ0v) is 36.7. The van der Waals surface area contributed by atoms with Crippen LogP contribution < -0.4 is 0 Å². The summed E-state index contributed by atoms with van der Waals surface area (Å²) in [4.78, 5) is 38.8. The third-order valence-corrected chi connectivity index (χ3v) is 14.4. The van der Waals surface area contributed by atoms with Crippen molar-refractivity contribution < 1.29 is 148 Å². The summed E-state index contributed by atoms with van der Waals surface area (Å²) < 4.78 is 459. The van der Waals surface area contributed by atoms with E-state index in [-0.39, 0.29) is 72.5 Å². The molecule has 67 heavy (non-hydrogen) atoms. The van der Waals surface area contributed by atoms with E-state index in [0.717, 1.165) is 17.5 Å². The molecule has 4 aliphatic rings. The van der Waals surface area contributed by atoms with E-state index in [1.54, 1.807) is 78.9 Å². The smallest absolute Gasteiger partial charge is 0.226 e. The van der Waals surface area contributed by atoms with E-state index in [0.29, 0.717) is 65.3 Å². The fraction of sp³-hybridized carbons (Fsp3) is 0.291. The average Bonchev–Trinajstić information content (AvgIpc) is 0.723. The third-order valence-electron chi connectivity index (χ3n) is 14.4. The van der Waals surface area contributed by atoms with Gasteiger partial charge in [0.2, 0.25) is 11.4 Å². The second-order valence-corrected chi connectivity index (χ2v) is 18.1. The van der Waals surface area contributed by atoms with Gasteiger partial charge >= 0.3 is 0 Å². The quantitative estimate of drug-likeness (QED) is 0.140. The molecular weight excluding hydrogens is 853 g/mol. The fourth-order valence-electron chi connectivity index (χ4n) is 11.0. The van der Waals surface area contributed by atoms with Gasteiger partial charge in [-0.15, -0.1) is 0 Å². The van der Waals surface area contributed by atoms with Gasteiger partial charge in [-0.1, -0.05) is 89.7 Å². The van der Waals surface area contributed by atoms with Crippen LogP contribution in [0.4, 0.5) is 17.6 Å². The highest BCUT2D eigenvalue weighted by atomic mass is 19.1. The second kappa shape index (κ2) is 17.8. The van der Waals surface area contributed by atoms with Gasteiger partial charge in [0.25, 0.3) is 0 Å². The highest BCUT2D eigenvalue weighted by Gasteiger charge is 2.51. The van der Waals surface area contributed by atoms with Crippen molar-refractivity contribution in [3.05, 3.63) is 189 Å². The number of hydrogen-bond donors (Lipinski definition) is 1. The lowest BCUT2D eigenvalue weighted by Crippen LogP contribution is -2.46. The monoisotopic (exact) mass is 1150 g/mol. The third kappa shape index (κ3) is 7.68. The Morgan fingerprint density at radius 2 is 1.07 bits per heavy atom. The standard InChI is InChI=1S/C27H23F2N3O.C27H21F2N3O.CH4.41H2/c2*1-15-19-13-12-18-23(16-8-4-6-10-20(16)28)31-26(17-9-5-7-11-21(17)29)32-25(18)27(19,2)14-22(30-3)24(15)33;;;;;;;;;;;;;;;;;;;;;;;;;;;;;;;;;;;;;;;;;;/h4-11,15,19,33H,12-14H2,1-2H3;4-11,14-15,19H,12-13H2,1-2H3;1H4;41*1H/t2*15-,19-,27-;;;;;;;;;;;;;;;;;;;;;;;;;;;;;;;;;;;;;;;;;;/m11........................................../s1/i;;;40*1+2T;1+2. The van der Waals surface area contributed by atoms with Gasteiger partial charge in [-0.05, 0) is 92.5 Å². The predicted octanol–water partition coefficient (Wildman–Crippen LogP) is 23.3. The molecule has 6 aromatic rings. The van der Waals surface area contributed by atoms with E-state index in [1.165, 1.54) is 24.3 Å². The molecule has 10 rings (SSSR count). The summed E-state index contributed by atoms with van der Waals surface area (Å²) in [7, 11) is 0. The molecule has 0 saturated carbocycles. The van der Waals surface area contributed by atoms with Gasteiger partial charge < -0.3 is 9.90 Å².